The molecule has 0 aromatic carbocycles. The summed E-state index contributed by atoms with van der Waals surface area (Å²) in [4.78, 5) is 40.3. The molecule has 2 bridgehead atoms. The Labute approximate surface area is 251 Å². The number of quaternary nitrogens is 1. The molecule has 0 aliphatic carbocycles. The van der Waals surface area contributed by atoms with E-state index in [1.54, 1.807) is 0 Å². The Bertz CT molecular complexity index is 1020. The third-order valence-corrected chi connectivity index (χ3v) is 9.76. The number of piperidine rings is 1. The van der Waals surface area contributed by atoms with Crippen LogP contribution >= 0.6 is 0 Å². The zero-order valence-electron chi connectivity index (χ0n) is 26.4. The molecule has 4 amide bonds. The number of carboxylic acid groups (broad SMARTS) is 1. The maximum absolute atomic E-state index is 14.0. The highest BCUT2D eigenvalue weighted by molar-refractivity contribution is 7.80. The molecule has 2 aliphatic heterocycles. The second kappa shape index (κ2) is 15.0. The van der Waals surface area contributed by atoms with Gasteiger partial charge in [-0.1, -0.05) is 67.2 Å². The number of hydroxylamine groups is 2. The van der Waals surface area contributed by atoms with Crippen molar-refractivity contribution in [2.75, 3.05) is 26.2 Å². The van der Waals surface area contributed by atoms with Gasteiger partial charge in [-0.25, -0.2) is 15.0 Å². The lowest BCUT2D eigenvalue weighted by Crippen LogP contribution is -2.71. The average molecular weight is 621 g/mol. The highest BCUT2D eigenvalue weighted by Gasteiger charge is 2.65. The van der Waals surface area contributed by atoms with Gasteiger partial charge in [0.25, 0.3) is 5.91 Å². The van der Waals surface area contributed by atoms with Gasteiger partial charge < -0.3 is 14.5 Å². The molecular weight excluding hydrogens is 566 g/mol. The summed E-state index contributed by atoms with van der Waals surface area (Å²) in [5.74, 6) is -0.681. The van der Waals surface area contributed by atoms with Crippen LogP contribution in [-0.4, -0.2) is 94.4 Å². The molecule has 3 atom stereocenters. The van der Waals surface area contributed by atoms with Crippen LogP contribution in [-0.2, 0) is 19.5 Å². The van der Waals surface area contributed by atoms with Gasteiger partial charge >= 0.3 is 22.5 Å². The number of amides is 4. The van der Waals surface area contributed by atoms with E-state index >= 15 is 0 Å². The van der Waals surface area contributed by atoms with Gasteiger partial charge in [0.05, 0.1) is 31.7 Å². The molecule has 0 saturated carbocycles. The molecule has 2 rings (SSSR count). The summed E-state index contributed by atoms with van der Waals surface area (Å²) in [6, 6.07) is -1.36. The Morgan fingerprint density at radius 1 is 1.05 bits per heavy atom. The van der Waals surface area contributed by atoms with Crippen LogP contribution in [0, 0.1) is 5.41 Å². The Hall–Kier alpha value is -2.16. The van der Waals surface area contributed by atoms with Crippen molar-refractivity contribution in [2.45, 2.75) is 130 Å². The fraction of sp³-hybridized carbons (Fsp3) is 0.893. The summed E-state index contributed by atoms with van der Waals surface area (Å²) >= 11 is 0. The van der Waals surface area contributed by atoms with Crippen molar-refractivity contribution < 1.29 is 41.2 Å². The summed E-state index contributed by atoms with van der Waals surface area (Å²) in [6.07, 6.45) is 7.85. The third kappa shape index (κ3) is 8.06. The van der Waals surface area contributed by atoms with Crippen LogP contribution in [0.15, 0.2) is 0 Å². The third-order valence-electron chi connectivity index (χ3n) is 9.41. The van der Waals surface area contributed by atoms with Gasteiger partial charge in [0.15, 0.2) is 0 Å². The lowest BCUT2D eigenvalue weighted by atomic mass is 9.62. The Morgan fingerprint density at radius 3 is 2.05 bits per heavy atom. The summed E-state index contributed by atoms with van der Waals surface area (Å²) in [5, 5.41) is 9.86. The summed E-state index contributed by atoms with van der Waals surface area (Å²) in [5.41, 5.74) is 1.87. The standard InChI is InChI=1S/C28H53N5O8S/c1-7-11-17-33(18-12-8-2,19-13-9-3)23(14-10-4)20-27(5,6)28(24(34)29-30-25(35)36)16-15-22-21-31(28)26(37)32(22)41-42(38,39)40/h22-23,30H,7-21H2,1-6H3,(H2-,29,34,35,36,38,39,40)/p+1/t22-,23?,28-/m1/s1. The van der Waals surface area contributed by atoms with Crippen LogP contribution in [0.4, 0.5) is 9.59 Å². The minimum absolute atomic E-state index is 0.00176. The highest BCUT2D eigenvalue weighted by atomic mass is 32.3. The molecule has 0 radical (unpaired) electrons. The van der Waals surface area contributed by atoms with Crippen molar-refractivity contribution in [1.82, 2.24) is 20.8 Å². The number of carbonyl (C=O) groups excluding carboxylic acids is 2. The first kappa shape index (κ1) is 36.0. The van der Waals surface area contributed by atoms with E-state index in [4.69, 9.17) is 0 Å². The topological polar surface area (TPSA) is 166 Å². The van der Waals surface area contributed by atoms with Crippen molar-refractivity contribution in [3.05, 3.63) is 0 Å². The molecule has 244 valence electrons. The average Bonchev–Trinajstić information content (AvgIpc) is 3.15. The maximum atomic E-state index is 14.0. The van der Waals surface area contributed by atoms with Gasteiger partial charge in [-0.2, -0.15) is 13.5 Å². The molecule has 13 nitrogen and oxygen atoms in total. The number of hydrogen-bond donors (Lipinski definition) is 4. The van der Waals surface area contributed by atoms with Gasteiger partial charge in [-0.3, -0.25) is 14.8 Å². The number of nitrogens with zero attached hydrogens (tertiary/aromatic N) is 3. The SMILES string of the molecule is CCCC[N+](CCCC)(CCCC)C(CCC)CC(C)(C)[C@]1(C(=O)NNC(=O)O)CC[C@@H]2CN1C(=O)N2OS(=O)(=O)O. The highest BCUT2D eigenvalue weighted by Crippen LogP contribution is 2.51. The quantitative estimate of drug-likeness (QED) is 0.0990. The van der Waals surface area contributed by atoms with E-state index in [0.29, 0.717) is 11.5 Å². The first-order valence-corrected chi connectivity index (χ1v) is 16.9. The molecule has 2 heterocycles. The molecule has 4 N–H and O–H groups in total. The minimum Gasteiger partial charge on any atom is -0.464 e. The van der Waals surface area contributed by atoms with Gasteiger partial charge in [-0.15, -0.1) is 4.28 Å². The molecule has 2 saturated heterocycles. The van der Waals surface area contributed by atoms with E-state index in [9.17, 15) is 32.5 Å². The van der Waals surface area contributed by atoms with Crippen molar-refractivity contribution in [1.29, 1.82) is 0 Å². The van der Waals surface area contributed by atoms with E-state index in [1.807, 2.05) is 19.3 Å². The smallest absolute Gasteiger partial charge is 0.423 e. The fourth-order valence-electron chi connectivity index (χ4n) is 7.29. The molecule has 2 fully saturated rings. The van der Waals surface area contributed by atoms with E-state index in [-0.39, 0.29) is 25.4 Å². The molecule has 2 aliphatic rings. The number of nitrogens with one attached hydrogen (secondary N) is 2. The molecular formula is C28H54N5O8S+. The van der Waals surface area contributed by atoms with Crippen LogP contribution < -0.4 is 10.9 Å². The molecule has 0 aromatic heterocycles. The van der Waals surface area contributed by atoms with Gasteiger partial charge in [0.1, 0.15) is 5.54 Å². The number of rotatable bonds is 18. The first-order valence-electron chi connectivity index (χ1n) is 15.6. The zero-order valence-corrected chi connectivity index (χ0v) is 27.2. The fourth-order valence-corrected chi connectivity index (χ4v) is 7.68. The van der Waals surface area contributed by atoms with Gasteiger partial charge in [-0.05, 0) is 38.5 Å². The molecule has 42 heavy (non-hydrogen) atoms. The largest absolute Gasteiger partial charge is 0.464 e. The lowest BCUT2D eigenvalue weighted by Gasteiger charge is -2.55. The van der Waals surface area contributed by atoms with Crippen LogP contribution in [0.5, 0.6) is 0 Å². The van der Waals surface area contributed by atoms with Crippen molar-refractivity contribution >= 4 is 28.4 Å². The minimum atomic E-state index is -4.98. The normalized spacial score (nSPS) is 21.9. The molecule has 14 heteroatoms. The van der Waals surface area contributed by atoms with Crippen molar-refractivity contribution in [3.8, 4) is 0 Å². The second-order valence-electron chi connectivity index (χ2n) is 12.6. The number of urea groups is 1. The van der Waals surface area contributed by atoms with Crippen molar-refractivity contribution in [3.63, 3.8) is 0 Å². The number of fused-ring (bicyclic) bond motifs is 2. The van der Waals surface area contributed by atoms with Crippen LogP contribution in [0.25, 0.3) is 0 Å². The van der Waals surface area contributed by atoms with Crippen molar-refractivity contribution in [2.24, 2.45) is 5.41 Å². The number of hydrogen-bond acceptors (Lipinski definition) is 6. The van der Waals surface area contributed by atoms with E-state index < -0.39 is 45.4 Å². The lowest BCUT2D eigenvalue weighted by molar-refractivity contribution is -0.953. The number of carbonyl (C=O) groups is 3. The summed E-state index contributed by atoms with van der Waals surface area (Å²) in [6.45, 7) is 15.7. The molecule has 0 spiro atoms. The van der Waals surface area contributed by atoms with E-state index in [1.165, 1.54) is 4.90 Å². The van der Waals surface area contributed by atoms with Crippen LogP contribution in [0.1, 0.15) is 112 Å². The predicted octanol–water partition coefficient (Wildman–Crippen LogP) is 4.46. The second-order valence-corrected chi connectivity index (χ2v) is 13.6. The van der Waals surface area contributed by atoms with Crippen LogP contribution in [0.3, 0.4) is 0 Å². The maximum Gasteiger partial charge on any atom is 0.423 e. The Morgan fingerprint density at radius 2 is 1.60 bits per heavy atom. The van der Waals surface area contributed by atoms with E-state index in [2.05, 4.69) is 37.4 Å². The number of hydrazine groups is 1. The van der Waals surface area contributed by atoms with Gasteiger partial charge in [0, 0.05) is 18.4 Å². The zero-order chi connectivity index (χ0) is 31.8. The molecule has 1 unspecified atom stereocenters. The number of unbranched alkanes of at least 4 members (excludes halogenated alkanes) is 3. The van der Waals surface area contributed by atoms with E-state index in [0.717, 1.165) is 75.5 Å². The Balaban J connectivity index is 2.64. The predicted molar refractivity (Wildman–Crippen MR) is 158 cm³/mol. The van der Waals surface area contributed by atoms with Crippen LogP contribution in [0.2, 0.25) is 0 Å². The molecule has 0 aromatic rings. The van der Waals surface area contributed by atoms with Gasteiger partial charge in [0.2, 0.25) is 0 Å². The monoisotopic (exact) mass is 620 g/mol. The summed E-state index contributed by atoms with van der Waals surface area (Å²) in [7, 11) is -4.98. The summed E-state index contributed by atoms with van der Waals surface area (Å²) < 4.78 is 38.0. The first-order chi connectivity index (χ1) is 19.6. The Kier molecular flexibility index (Phi) is 12.9.